The van der Waals surface area contributed by atoms with Gasteiger partial charge in [-0.05, 0) is 52.5 Å². The Morgan fingerprint density at radius 3 is 2.36 bits per heavy atom. The van der Waals surface area contributed by atoms with E-state index in [-0.39, 0.29) is 25.1 Å². The van der Waals surface area contributed by atoms with Gasteiger partial charge in [-0.25, -0.2) is 23.3 Å². The number of rotatable bonds is 6. The van der Waals surface area contributed by atoms with Gasteiger partial charge in [0.15, 0.2) is 10.7 Å². The smallest absolute Gasteiger partial charge is 0.435 e. The Kier molecular flexibility index (Phi) is 8.29. The highest BCUT2D eigenvalue weighted by Crippen LogP contribution is 2.38. The van der Waals surface area contributed by atoms with Crippen LogP contribution in [0, 0.1) is 12.8 Å². The van der Waals surface area contributed by atoms with Gasteiger partial charge in [0.1, 0.15) is 11.3 Å². The summed E-state index contributed by atoms with van der Waals surface area (Å²) in [5, 5.41) is 5.22. The number of nitrogens with zero attached hydrogens (tertiary/aromatic N) is 3. The number of carbonyl (C=O) groups is 2. The van der Waals surface area contributed by atoms with Crippen molar-refractivity contribution in [2.45, 2.75) is 82.6 Å². The molecule has 3 rings (SSSR count). The number of sulfonamides is 1. The molecule has 216 valence electrons. The van der Waals surface area contributed by atoms with Gasteiger partial charge in [-0.15, -0.1) is 0 Å². The molecule has 1 aliphatic carbocycles. The lowest BCUT2D eigenvalue weighted by Crippen LogP contribution is -2.36. The molecule has 2 N–H and O–H groups in total. The van der Waals surface area contributed by atoms with Crippen molar-refractivity contribution < 1.29 is 44.7 Å². The van der Waals surface area contributed by atoms with Crippen LogP contribution in [0.2, 0.25) is 0 Å². The largest absolute Gasteiger partial charge is 0.443 e. The molecule has 2 heterocycles. The molecular formula is C23H28F5N5O5S. The van der Waals surface area contributed by atoms with Crippen molar-refractivity contribution in [1.82, 2.24) is 19.5 Å². The molecule has 1 saturated carbocycles. The summed E-state index contributed by atoms with van der Waals surface area (Å²) >= 11 is 0. The van der Waals surface area contributed by atoms with Crippen LogP contribution < -0.4 is 10.0 Å². The van der Waals surface area contributed by atoms with Gasteiger partial charge in [0.25, 0.3) is 15.9 Å². The number of ether oxygens (including phenoxy) is 1. The average Bonchev–Trinajstić information content (AvgIpc) is 3.10. The molecule has 10 nitrogen and oxygen atoms in total. The molecule has 0 spiro atoms. The van der Waals surface area contributed by atoms with Crippen LogP contribution in [0.1, 0.15) is 68.2 Å². The van der Waals surface area contributed by atoms with E-state index in [4.69, 9.17) is 4.74 Å². The summed E-state index contributed by atoms with van der Waals surface area (Å²) in [5.74, 6) is -4.30. The number of halogens is 5. The predicted molar refractivity (Wildman–Crippen MR) is 128 cm³/mol. The molecule has 0 atom stereocenters. The normalized spacial score (nSPS) is 16.5. The lowest BCUT2D eigenvalue weighted by Gasteiger charge is -2.28. The fourth-order valence-corrected chi connectivity index (χ4v) is 4.90. The van der Waals surface area contributed by atoms with E-state index in [2.05, 4.69) is 15.4 Å². The van der Waals surface area contributed by atoms with Crippen molar-refractivity contribution >= 4 is 27.7 Å². The van der Waals surface area contributed by atoms with E-state index in [1.54, 1.807) is 4.72 Å². The van der Waals surface area contributed by atoms with Crippen molar-refractivity contribution in [3.63, 3.8) is 0 Å². The van der Waals surface area contributed by atoms with Crippen LogP contribution >= 0.6 is 0 Å². The van der Waals surface area contributed by atoms with Gasteiger partial charge in [0, 0.05) is 42.9 Å². The first-order chi connectivity index (χ1) is 17.8. The second kappa shape index (κ2) is 10.7. The Morgan fingerprint density at radius 1 is 1.18 bits per heavy atom. The SMILES string of the molecule is Cc1c(C(F)(F)F)nn(CC2CCC(F)(F)CC2)c1C(=O)Nc1ccnc(S(=O)(=O)NC(=O)OC(C)(C)C)c1. The van der Waals surface area contributed by atoms with Crippen LogP contribution in [0.25, 0.3) is 0 Å². The van der Waals surface area contributed by atoms with Crippen LogP contribution in [-0.2, 0) is 27.5 Å². The highest BCUT2D eigenvalue weighted by atomic mass is 32.2. The Bertz CT molecular complexity index is 1340. The summed E-state index contributed by atoms with van der Waals surface area (Å²) in [7, 11) is -4.53. The molecule has 1 fully saturated rings. The zero-order chi connectivity index (χ0) is 29.4. The number of hydrogen-bond donors (Lipinski definition) is 2. The molecule has 0 aromatic carbocycles. The Morgan fingerprint density at radius 2 is 1.79 bits per heavy atom. The molecular weight excluding hydrogens is 553 g/mol. The summed E-state index contributed by atoms with van der Waals surface area (Å²) in [5.41, 5.74) is -3.37. The first kappa shape index (κ1) is 30.2. The highest BCUT2D eigenvalue weighted by molar-refractivity contribution is 7.90. The monoisotopic (exact) mass is 581 g/mol. The van der Waals surface area contributed by atoms with Crippen LogP contribution in [0.3, 0.4) is 0 Å². The molecule has 2 aromatic heterocycles. The maximum Gasteiger partial charge on any atom is 0.435 e. The van der Waals surface area contributed by atoms with Gasteiger partial charge in [0.2, 0.25) is 5.92 Å². The fourth-order valence-electron chi connectivity index (χ4n) is 4.05. The van der Waals surface area contributed by atoms with Crippen LogP contribution in [0.5, 0.6) is 0 Å². The second-order valence-corrected chi connectivity index (χ2v) is 11.9. The molecule has 16 heteroatoms. The number of alkyl halides is 5. The zero-order valence-corrected chi connectivity index (χ0v) is 22.3. The first-order valence-corrected chi connectivity index (χ1v) is 13.3. The lowest BCUT2D eigenvalue weighted by molar-refractivity contribution is -0.142. The Balaban J connectivity index is 1.86. The van der Waals surface area contributed by atoms with Crippen molar-refractivity contribution in [2.24, 2.45) is 5.92 Å². The third-order valence-electron chi connectivity index (χ3n) is 5.83. The maximum atomic E-state index is 13.6. The zero-order valence-electron chi connectivity index (χ0n) is 21.5. The summed E-state index contributed by atoms with van der Waals surface area (Å²) in [6, 6.07) is 2.09. The number of anilines is 1. The number of amides is 2. The Labute approximate surface area is 221 Å². The van der Waals surface area contributed by atoms with Gasteiger partial charge >= 0.3 is 12.3 Å². The van der Waals surface area contributed by atoms with Gasteiger partial charge < -0.3 is 10.1 Å². The molecule has 0 saturated heterocycles. The quantitative estimate of drug-likeness (QED) is 0.464. The number of pyridine rings is 1. The van der Waals surface area contributed by atoms with Gasteiger partial charge in [-0.3, -0.25) is 9.48 Å². The third-order valence-corrected chi connectivity index (χ3v) is 7.03. The summed E-state index contributed by atoms with van der Waals surface area (Å²) in [4.78, 5) is 28.7. The van der Waals surface area contributed by atoms with E-state index in [9.17, 15) is 40.0 Å². The third kappa shape index (κ3) is 7.86. The number of carbonyl (C=O) groups excluding carboxylic acids is 2. The van der Waals surface area contributed by atoms with E-state index >= 15 is 0 Å². The van der Waals surface area contributed by atoms with Crippen LogP contribution in [0.4, 0.5) is 32.4 Å². The summed E-state index contributed by atoms with van der Waals surface area (Å²) in [6.45, 7) is 5.44. The summed E-state index contributed by atoms with van der Waals surface area (Å²) in [6.07, 6.45) is -5.88. The van der Waals surface area contributed by atoms with E-state index in [1.807, 2.05) is 0 Å². The number of aromatic nitrogens is 3. The molecule has 39 heavy (non-hydrogen) atoms. The van der Waals surface area contributed by atoms with Gasteiger partial charge in [0.05, 0.1) is 0 Å². The molecule has 0 bridgehead atoms. The van der Waals surface area contributed by atoms with E-state index in [0.29, 0.717) is 0 Å². The van der Waals surface area contributed by atoms with Crippen LogP contribution in [-0.4, -0.2) is 46.7 Å². The fraction of sp³-hybridized carbons (Fsp3) is 0.565. The molecule has 2 aromatic rings. The highest BCUT2D eigenvalue weighted by Gasteiger charge is 2.40. The number of hydrogen-bond acceptors (Lipinski definition) is 7. The topological polar surface area (TPSA) is 132 Å². The minimum Gasteiger partial charge on any atom is -0.443 e. The first-order valence-electron chi connectivity index (χ1n) is 11.8. The van der Waals surface area contributed by atoms with E-state index in [1.165, 1.54) is 26.8 Å². The molecule has 0 radical (unpaired) electrons. The van der Waals surface area contributed by atoms with Crippen molar-refractivity contribution in [3.8, 4) is 0 Å². The standard InChI is InChI=1S/C23H28F5N5O5S/c1-13-17(33(31-18(13)23(26,27)28)12-14-5-8-22(24,25)9-6-14)19(34)30-15-7-10-29-16(11-15)39(36,37)32-20(35)38-21(2,3)4/h7,10-11,14H,5-6,8-9,12H2,1-4H3,(H,32,35)(H,29,30,34). The van der Waals surface area contributed by atoms with Crippen molar-refractivity contribution in [3.05, 3.63) is 35.3 Å². The van der Waals surface area contributed by atoms with Gasteiger partial charge in [-0.2, -0.15) is 26.7 Å². The maximum absolute atomic E-state index is 13.6. The van der Waals surface area contributed by atoms with Crippen LogP contribution in [0.15, 0.2) is 23.4 Å². The average molecular weight is 582 g/mol. The second-order valence-electron chi connectivity index (χ2n) is 10.2. The number of nitrogens with one attached hydrogen (secondary N) is 2. The molecule has 0 unspecified atom stereocenters. The predicted octanol–water partition coefficient (Wildman–Crippen LogP) is 4.90. The lowest BCUT2D eigenvalue weighted by atomic mass is 9.87. The molecule has 2 amide bonds. The minimum absolute atomic E-state index is 0.0462. The molecule has 1 aliphatic rings. The van der Waals surface area contributed by atoms with E-state index < -0.39 is 80.5 Å². The Hall–Kier alpha value is -3.30. The minimum atomic E-state index is -4.88. The van der Waals surface area contributed by atoms with E-state index in [0.717, 1.165) is 23.9 Å². The molecule has 0 aliphatic heterocycles. The van der Waals surface area contributed by atoms with Crippen molar-refractivity contribution in [2.75, 3.05) is 5.32 Å². The van der Waals surface area contributed by atoms with Crippen molar-refractivity contribution in [1.29, 1.82) is 0 Å². The van der Waals surface area contributed by atoms with Gasteiger partial charge in [-0.1, -0.05) is 0 Å². The summed E-state index contributed by atoms with van der Waals surface area (Å²) < 4.78 is 100.